The van der Waals surface area contributed by atoms with Gasteiger partial charge in [0.2, 0.25) is 0 Å². The summed E-state index contributed by atoms with van der Waals surface area (Å²) in [5.74, 6) is 12.0. The van der Waals surface area contributed by atoms with Crippen molar-refractivity contribution >= 4 is 0 Å². The van der Waals surface area contributed by atoms with Crippen molar-refractivity contribution in [1.82, 2.24) is 0 Å². The fourth-order valence-corrected chi connectivity index (χ4v) is 1.42. The first-order valence-corrected chi connectivity index (χ1v) is 6.66. The van der Waals surface area contributed by atoms with E-state index in [0.29, 0.717) is 0 Å². The Balaban J connectivity index is 3.23. The van der Waals surface area contributed by atoms with Gasteiger partial charge in [0.1, 0.15) is 0 Å². The van der Waals surface area contributed by atoms with Gasteiger partial charge < -0.3 is 0 Å². The molecule has 0 amide bonds. The molecule has 0 spiro atoms. The van der Waals surface area contributed by atoms with E-state index in [2.05, 4.69) is 37.5 Å². The summed E-state index contributed by atoms with van der Waals surface area (Å²) in [7, 11) is 0. The lowest BCUT2D eigenvalue weighted by atomic mass is 10.1. The molecule has 0 saturated carbocycles. The molecule has 16 heavy (non-hydrogen) atoms. The third-order valence-corrected chi connectivity index (χ3v) is 2.45. The van der Waals surface area contributed by atoms with Crippen molar-refractivity contribution in [2.45, 2.75) is 71.1 Å². The average molecular weight is 217 g/mol. The topological polar surface area (TPSA) is 0 Å². The molecule has 0 fully saturated rings. The SMILES string of the molecule is [CH2]CCCC#CC#CCCCCCCCC. The second kappa shape index (κ2) is 14.1. The average Bonchev–Trinajstić information content (AvgIpc) is 2.31. The second-order valence-electron chi connectivity index (χ2n) is 4.08. The Hall–Kier alpha value is -0.880. The molecule has 0 heterocycles. The molecule has 0 saturated heterocycles. The van der Waals surface area contributed by atoms with Crippen LogP contribution >= 0.6 is 0 Å². The summed E-state index contributed by atoms with van der Waals surface area (Å²) in [6.07, 6.45) is 12.0. The maximum absolute atomic E-state index is 3.77. The third kappa shape index (κ3) is 13.1. The smallest absolute Gasteiger partial charge is 0.00989 e. The molecule has 0 atom stereocenters. The van der Waals surface area contributed by atoms with Crippen molar-refractivity contribution in [2.75, 3.05) is 0 Å². The van der Waals surface area contributed by atoms with Gasteiger partial charge in [0.25, 0.3) is 0 Å². The number of rotatable bonds is 8. The van der Waals surface area contributed by atoms with E-state index in [1.807, 2.05) is 0 Å². The Morgan fingerprint density at radius 2 is 1.31 bits per heavy atom. The molecule has 0 aromatic carbocycles. The van der Waals surface area contributed by atoms with Crippen LogP contribution in [0.3, 0.4) is 0 Å². The Morgan fingerprint density at radius 1 is 0.750 bits per heavy atom. The lowest BCUT2D eigenvalue weighted by Gasteiger charge is -1.96. The zero-order valence-corrected chi connectivity index (χ0v) is 10.8. The van der Waals surface area contributed by atoms with Crippen LogP contribution in [0, 0.1) is 30.6 Å². The summed E-state index contributed by atoms with van der Waals surface area (Å²) in [6, 6.07) is 0. The summed E-state index contributed by atoms with van der Waals surface area (Å²) in [6.45, 7) is 6.02. The van der Waals surface area contributed by atoms with Gasteiger partial charge in [-0.1, -0.05) is 64.2 Å². The van der Waals surface area contributed by atoms with E-state index >= 15 is 0 Å². The van der Waals surface area contributed by atoms with Crippen LogP contribution in [0.25, 0.3) is 0 Å². The van der Waals surface area contributed by atoms with Crippen LogP contribution in [0.2, 0.25) is 0 Å². The minimum atomic E-state index is 0.940. The summed E-state index contributed by atoms with van der Waals surface area (Å²) >= 11 is 0. The highest BCUT2D eigenvalue weighted by molar-refractivity contribution is 5.25. The standard InChI is InChI=1S/C16H25/c1-3-5-7-9-11-13-15-16-14-12-10-8-6-4-2/h1,3-8,10,12,14,16H2,2H3. The predicted octanol–water partition coefficient (Wildman–Crippen LogP) is 4.75. The minimum Gasteiger partial charge on any atom is -0.0891 e. The van der Waals surface area contributed by atoms with Gasteiger partial charge in [-0.3, -0.25) is 0 Å². The van der Waals surface area contributed by atoms with Crippen LogP contribution in [-0.4, -0.2) is 0 Å². The largest absolute Gasteiger partial charge is 0.0891 e. The highest BCUT2D eigenvalue weighted by Crippen LogP contribution is 2.05. The molecule has 0 aromatic rings. The quantitative estimate of drug-likeness (QED) is 0.406. The van der Waals surface area contributed by atoms with E-state index < -0.39 is 0 Å². The Bertz CT molecular complexity index is 241. The van der Waals surface area contributed by atoms with Crippen molar-refractivity contribution in [3.63, 3.8) is 0 Å². The number of unbranched alkanes of at least 4 members (excludes halogenated alkanes) is 8. The number of hydrogen-bond acceptors (Lipinski definition) is 0. The predicted molar refractivity (Wildman–Crippen MR) is 72.8 cm³/mol. The molecule has 0 heteroatoms. The van der Waals surface area contributed by atoms with Gasteiger partial charge in [-0.25, -0.2) is 0 Å². The van der Waals surface area contributed by atoms with Crippen molar-refractivity contribution in [2.24, 2.45) is 0 Å². The molecule has 89 valence electrons. The maximum atomic E-state index is 3.77. The normalized spacial score (nSPS) is 8.88. The fraction of sp³-hybridized carbons (Fsp3) is 0.688. The Morgan fingerprint density at radius 3 is 1.94 bits per heavy atom. The summed E-state index contributed by atoms with van der Waals surface area (Å²) in [5.41, 5.74) is 0. The van der Waals surface area contributed by atoms with E-state index in [1.54, 1.807) is 0 Å². The lowest BCUT2D eigenvalue weighted by Crippen LogP contribution is -1.77. The van der Waals surface area contributed by atoms with Crippen LogP contribution in [0.15, 0.2) is 0 Å². The molecule has 0 bridgehead atoms. The maximum Gasteiger partial charge on any atom is 0.00989 e. The van der Waals surface area contributed by atoms with Gasteiger partial charge in [0.05, 0.1) is 0 Å². The van der Waals surface area contributed by atoms with E-state index in [0.717, 1.165) is 25.7 Å². The van der Waals surface area contributed by atoms with Gasteiger partial charge in [-0.15, -0.1) is 0 Å². The van der Waals surface area contributed by atoms with Crippen molar-refractivity contribution in [3.05, 3.63) is 6.92 Å². The van der Waals surface area contributed by atoms with E-state index in [4.69, 9.17) is 0 Å². The molecule has 0 nitrogen and oxygen atoms in total. The van der Waals surface area contributed by atoms with Crippen molar-refractivity contribution < 1.29 is 0 Å². The van der Waals surface area contributed by atoms with Crippen LogP contribution < -0.4 is 0 Å². The molecule has 0 aromatic heterocycles. The monoisotopic (exact) mass is 217 g/mol. The summed E-state index contributed by atoms with van der Waals surface area (Å²) in [4.78, 5) is 0. The first kappa shape index (κ1) is 15.1. The van der Waals surface area contributed by atoms with Crippen LogP contribution in [-0.2, 0) is 0 Å². The van der Waals surface area contributed by atoms with Crippen molar-refractivity contribution in [1.29, 1.82) is 0 Å². The van der Waals surface area contributed by atoms with Gasteiger partial charge in [0, 0.05) is 12.8 Å². The van der Waals surface area contributed by atoms with Gasteiger partial charge in [-0.05, 0) is 24.7 Å². The molecular formula is C16H25. The van der Waals surface area contributed by atoms with Gasteiger partial charge >= 0.3 is 0 Å². The first-order valence-electron chi connectivity index (χ1n) is 6.66. The number of hydrogen-bond donors (Lipinski definition) is 0. The van der Waals surface area contributed by atoms with Crippen molar-refractivity contribution in [3.8, 4) is 23.7 Å². The zero-order valence-electron chi connectivity index (χ0n) is 10.8. The fourth-order valence-electron chi connectivity index (χ4n) is 1.42. The Kier molecular flexibility index (Phi) is 13.3. The lowest BCUT2D eigenvalue weighted by molar-refractivity contribution is 0.614. The van der Waals surface area contributed by atoms with Crippen LogP contribution in [0.5, 0.6) is 0 Å². The third-order valence-electron chi connectivity index (χ3n) is 2.45. The molecule has 0 unspecified atom stereocenters. The highest BCUT2D eigenvalue weighted by atomic mass is 13.9. The highest BCUT2D eigenvalue weighted by Gasteiger charge is 1.87. The molecule has 1 radical (unpaired) electrons. The second-order valence-corrected chi connectivity index (χ2v) is 4.08. The van der Waals surface area contributed by atoms with Crippen LogP contribution in [0.1, 0.15) is 71.1 Å². The van der Waals surface area contributed by atoms with E-state index in [1.165, 1.54) is 38.5 Å². The Labute approximate surface area is 102 Å². The first-order chi connectivity index (χ1) is 7.91. The molecule has 0 rings (SSSR count). The zero-order chi connectivity index (χ0) is 11.9. The minimum absolute atomic E-state index is 0.940. The van der Waals surface area contributed by atoms with Gasteiger partial charge in [0.15, 0.2) is 0 Å². The van der Waals surface area contributed by atoms with E-state index in [-0.39, 0.29) is 0 Å². The molecule has 0 aliphatic heterocycles. The molecule has 0 aliphatic rings. The molecule has 0 aliphatic carbocycles. The molecule has 0 N–H and O–H groups in total. The summed E-state index contributed by atoms with van der Waals surface area (Å²) in [5, 5.41) is 0. The van der Waals surface area contributed by atoms with Crippen LogP contribution in [0.4, 0.5) is 0 Å². The molecular weight excluding hydrogens is 192 g/mol. The summed E-state index contributed by atoms with van der Waals surface area (Å²) < 4.78 is 0. The van der Waals surface area contributed by atoms with E-state index in [9.17, 15) is 0 Å². The van der Waals surface area contributed by atoms with Gasteiger partial charge in [-0.2, -0.15) is 0 Å².